The average molecular weight is 827 g/mol. The summed E-state index contributed by atoms with van der Waals surface area (Å²) < 4.78 is 17.9. The molecule has 59 heavy (non-hydrogen) atoms. The zero-order chi connectivity index (χ0) is 42.7. The average Bonchev–Trinajstić information content (AvgIpc) is 3.57. The fourth-order valence-corrected chi connectivity index (χ4v) is 12.6. The zero-order valence-electron chi connectivity index (χ0n) is 38.4. The van der Waals surface area contributed by atoms with E-state index in [0.717, 1.165) is 56.9 Å². The molecule has 4 fully saturated rings. The lowest BCUT2D eigenvalue weighted by Crippen LogP contribution is -2.60. The molecule has 8 heteroatoms. The number of carbonyl (C=O) groups excluding carboxylic acids is 2. The maximum Gasteiger partial charge on any atom is 0.305 e. The number of fused-ring (bicyclic) bond motifs is 5. The van der Waals surface area contributed by atoms with E-state index in [1.165, 1.54) is 77.0 Å². The minimum Gasteiger partial charge on any atom is -0.463 e. The Morgan fingerprint density at radius 3 is 2.08 bits per heavy atom. The Morgan fingerprint density at radius 1 is 0.814 bits per heavy atom. The minimum atomic E-state index is -1.50. The summed E-state index contributed by atoms with van der Waals surface area (Å²) in [4.78, 5) is 26.8. The summed E-state index contributed by atoms with van der Waals surface area (Å²) in [5.41, 5.74) is 1.22. The van der Waals surface area contributed by atoms with Crippen LogP contribution in [0.1, 0.15) is 190 Å². The van der Waals surface area contributed by atoms with Gasteiger partial charge in [0.1, 0.15) is 31.0 Å². The van der Waals surface area contributed by atoms with Crippen LogP contribution in [0.3, 0.4) is 0 Å². The number of unbranched alkanes of at least 4 members (excludes halogenated alkanes) is 12. The van der Waals surface area contributed by atoms with Crippen LogP contribution in [0.2, 0.25) is 0 Å². The van der Waals surface area contributed by atoms with Crippen molar-refractivity contribution in [3.63, 3.8) is 0 Å². The van der Waals surface area contributed by atoms with Gasteiger partial charge in [0.15, 0.2) is 12.1 Å². The third kappa shape index (κ3) is 11.9. The predicted octanol–water partition coefficient (Wildman–Crippen LogP) is 10.8. The Kier molecular flexibility index (Phi) is 18.6. The molecule has 1 aliphatic heterocycles. The van der Waals surface area contributed by atoms with Crippen molar-refractivity contribution in [2.75, 3.05) is 6.61 Å². The van der Waals surface area contributed by atoms with E-state index in [4.69, 9.17) is 14.2 Å². The van der Waals surface area contributed by atoms with Crippen molar-refractivity contribution in [1.29, 1.82) is 0 Å². The first-order valence-electron chi connectivity index (χ1n) is 24.7. The maximum absolute atomic E-state index is 14.2. The molecule has 0 bridgehead atoms. The summed E-state index contributed by atoms with van der Waals surface area (Å²) in [7, 11) is 0. The number of carbonyl (C=O) groups is 2. The number of esters is 1. The van der Waals surface area contributed by atoms with Crippen LogP contribution < -0.4 is 0 Å². The zero-order valence-corrected chi connectivity index (χ0v) is 38.4. The Morgan fingerprint density at radius 2 is 1.46 bits per heavy atom. The summed E-state index contributed by atoms with van der Waals surface area (Å²) >= 11 is 0. The SMILES string of the molecule is CCCCCCCCCCCCCCCC(=O)OC[C@H]1O[C@@H](O[C@H]2CC[C@@]3(C)C(=CC(=O)[C@H]4[C@@H]5CC[C@H]([C@H](C)/C=C/[C@@H](CC)C(C)C)[C@@]5(C)CC[C@@H]43)C2)[C@H](O)[C@@H](O)[C@@H]1O. The topological polar surface area (TPSA) is 123 Å². The molecule has 0 amide bonds. The molecule has 14 atom stereocenters. The summed E-state index contributed by atoms with van der Waals surface area (Å²) in [6.45, 7) is 16.2. The maximum atomic E-state index is 14.2. The Balaban J connectivity index is 1.07. The van der Waals surface area contributed by atoms with Gasteiger partial charge in [-0.05, 0) is 110 Å². The summed E-state index contributed by atoms with van der Waals surface area (Å²) in [5, 5.41) is 32.5. The second-order valence-corrected chi connectivity index (χ2v) is 20.7. The third-order valence-electron chi connectivity index (χ3n) is 16.5. The molecule has 4 aliphatic carbocycles. The summed E-state index contributed by atoms with van der Waals surface area (Å²) in [6, 6.07) is 0. The van der Waals surface area contributed by atoms with Gasteiger partial charge in [0, 0.05) is 12.3 Å². The van der Waals surface area contributed by atoms with Gasteiger partial charge in [-0.2, -0.15) is 0 Å². The minimum absolute atomic E-state index is 0.0633. The number of allylic oxidation sites excluding steroid dienone is 3. The van der Waals surface area contributed by atoms with Crippen molar-refractivity contribution in [2.45, 2.75) is 227 Å². The summed E-state index contributed by atoms with van der Waals surface area (Å²) in [6.07, 6.45) is 24.2. The van der Waals surface area contributed by atoms with Gasteiger partial charge in [0.2, 0.25) is 0 Å². The largest absolute Gasteiger partial charge is 0.463 e. The van der Waals surface area contributed by atoms with E-state index >= 15 is 0 Å². The number of rotatable bonds is 23. The number of ketones is 1. The van der Waals surface area contributed by atoms with Crippen molar-refractivity contribution in [1.82, 2.24) is 0 Å². The van der Waals surface area contributed by atoms with Crippen LogP contribution in [-0.4, -0.2) is 70.5 Å². The fourth-order valence-electron chi connectivity index (χ4n) is 12.6. The molecule has 0 spiro atoms. The lowest BCUT2D eigenvalue weighted by atomic mass is 9.46. The highest BCUT2D eigenvalue weighted by atomic mass is 16.7. The van der Waals surface area contributed by atoms with Crippen LogP contribution in [0.4, 0.5) is 0 Å². The number of hydrogen-bond donors (Lipinski definition) is 3. The van der Waals surface area contributed by atoms with Gasteiger partial charge in [-0.3, -0.25) is 9.59 Å². The molecule has 338 valence electrons. The molecule has 0 aromatic heterocycles. The van der Waals surface area contributed by atoms with Gasteiger partial charge in [-0.15, -0.1) is 0 Å². The number of aliphatic hydroxyl groups is 3. The van der Waals surface area contributed by atoms with Crippen LogP contribution >= 0.6 is 0 Å². The number of ether oxygens (including phenoxy) is 3. The molecular formula is C51H86O8. The van der Waals surface area contributed by atoms with Gasteiger partial charge in [0.05, 0.1) is 6.10 Å². The number of hydrogen-bond acceptors (Lipinski definition) is 8. The van der Waals surface area contributed by atoms with E-state index in [1.807, 2.05) is 6.08 Å². The fraction of sp³-hybridized carbons (Fsp3) is 0.882. The lowest BCUT2D eigenvalue weighted by molar-refractivity contribution is -0.313. The van der Waals surface area contributed by atoms with E-state index in [9.17, 15) is 24.9 Å². The first-order valence-corrected chi connectivity index (χ1v) is 24.7. The summed E-state index contributed by atoms with van der Waals surface area (Å²) in [5.74, 6) is 3.06. The molecule has 0 aromatic carbocycles. The molecule has 5 rings (SSSR count). The van der Waals surface area contributed by atoms with E-state index in [1.54, 1.807) is 0 Å². The first-order chi connectivity index (χ1) is 28.2. The van der Waals surface area contributed by atoms with Gasteiger partial charge >= 0.3 is 5.97 Å². The highest BCUT2D eigenvalue weighted by Gasteiger charge is 2.61. The molecule has 8 nitrogen and oxygen atoms in total. The van der Waals surface area contributed by atoms with E-state index in [2.05, 4.69) is 60.6 Å². The van der Waals surface area contributed by atoms with Crippen LogP contribution in [0.5, 0.6) is 0 Å². The first kappa shape index (κ1) is 48.5. The van der Waals surface area contributed by atoms with Crippen LogP contribution in [0.25, 0.3) is 0 Å². The van der Waals surface area contributed by atoms with Crippen LogP contribution in [0.15, 0.2) is 23.8 Å². The standard InChI is InChI=1S/C51H86O8/c1-8-10-11-12-13-14-15-16-17-18-19-20-21-22-44(53)57-33-43-46(54)47(55)48(56)49(59-43)58-38-27-29-50(6)37(31-38)32-42(52)45-40-26-25-39(51(40,7)30-28-41(45)50)35(5)23-24-36(9-2)34(3)4/h23-24,32,34-36,38-41,43,45-49,54-56H,8-22,25-31,33H2,1-7H3/b24-23+/t35-,36-,38+,39-,40+,41+,43-,45+,46-,47+,48-,49-,50+,51-/m1/s1. The molecule has 1 heterocycles. The van der Waals surface area contributed by atoms with E-state index in [0.29, 0.717) is 48.3 Å². The van der Waals surface area contributed by atoms with Crippen molar-refractivity contribution in [3.8, 4) is 0 Å². The van der Waals surface area contributed by atoms with E-state index in [-0.39, 0.29) is 41.2 Å². The monoisotopic (exact) mass is 827 g/mol. The molecule has 3 saturated carbocycles. The lowest BCUT2D eigenvalue weighted by Gasteiger charge is -2.57. The van der Waals surface area contributed by atoms with E-state index < -0.39 is 30.7 Å². The molecule has 0 aromatic rings. The second-order valence-electron chi connectivity index (χ2n) is 20.7. The predicted molar refractivity (Wildman–Crippen MR) is 235 cm³/mol. The smallest absolute Gasteiger partial charge is 0.305 e. The van der Waals surface area contributed by atoms with Crippen molar-refractivity contribution < 1.29 is 39.1 Å². The normalized spacial score (nSPS) is 36.9. The third-order valence-corrected chi connectivity index (χ3v) is 16.5. The van der Waals surface area contributed by atoms with Gasteiger partial charge in [-0.25, -0.2) is 0 Å². The van der Waals surface area contributed by atoms with Crippen LogP contribution in [-0.2, 0) is 23.8 Å². The number of aliphatic hydroxyl groups excluding tert-OH is 3. The molecule has 0 radical (unpaired) electrons. The molecule has 3 N–H and O–H groups in total. The van der Waals surface area contributed by atoms with Gasteiger partial charge in [-0.1, -0.05) is 143 Å². The second kappa shape index (κ2) is 22.7. The molecule has 0 unspecified atom stereocenters. The van der Waals surface area contributed by atoms with Crippen molar-refractivity contribution in [3.05, 3.63) is 23.8 Å². The van der Waals surface area contributed by atoms with Crippen molar-refractivity contribution in [2.24, 2.45) is 52.3 Å². The van der Waals surface area contributed by atoms with Crippen molar-refractivity contribution >= 4 is 11.8 Å². The Hall–Kier alpha value is -1.58. The Bertz CT molecular complexity index is 1370. The quantitative estimate of drug-likeness (QED) is 0.0529. The molecule has 1 saturated heterocycles. The Labute approximate surface area is 359 Å². The van der Waals surface area contributed by atoms with Crippen LogP contribution in [0, 0.1) is 52.3 Å². The molecule has 5 aliphatic rings. The highest BCUT2D eigenvalue weighted by molar-refractivity contribution is 5.94. The highest BCUT2D eigenvalue weighted by Crippen LogP contribution is 2.66. The van der Waals surface area contributed by atoms with Gasteiger partial charge in [0.25, 0.3) is 0 Å². The van der Waals surface area contributed by atoms with Gasteiger partial charge < -0.3 is 29.5 Å². The molecular weight excluding hydrogens is 741 g/mol.